The molecule has 3 rings (SSSR count). The number of rotatable bonds is 8. The van der Waals surface area contributed by atoms with E-state index in [1.165, 1.54) is 26.0 Å². The molecule has 0 radical (unpaired) electrons. The van der Waals surface area contributed by atoms with Gasteiger partial charge in [-0.1, -0.05) is 36.4 Å². The quantitative estimate of drug-likeness (QED) is 0.382. The molecule has 0 aliphatic heterocycles. The molecule has 0 amide bonds. The fraction of sp³-hybridized carbons (Fsp3) is 0.222. The van der Waals surface area contributed by atoms with Gasteiger partial charge in [-0.05, 0) is 85.5 Å². The summed E-state index contributed by atoms with van der Waals surface area (Å²) in [5.74, 6) is -0.0115. The van der Waals surface area contributed by atoms with E-state index < -0.39 is 23.3 Å². The lowest BCUT2D eigenvalue weighted by atomic mass is 10.00. The molecular weight excluding hydrogens is 445 g/mol. The van der Waals surface area contributed by atoms with Crippen molar-refractivity contribution in [2.24, 2.45) is 0 Å². The Morgan fingerprint density at radius 1 is 0.853 bits per heavy atom. The van der Waals surface area contributed by atoms with Crippen molar-refractivity contribution in [3.8, 4) is 22.6 Å². The van der Waals surface area contributed by atoms with E-state index in [2.05, 4.69) is 0 Å². The molecule has 7 heteroatoms. The molecule has 4 nitrogen and oxygen atoms in total. The predicted molar refractivity (Wildman–Crippen MR) is 125 cm³/mol. The molecule has 0 bridgehead atoms. The molecule has 0 aliphatic rings. The molecule has 1 N–H and O–H groups in total. The molecule has 0 aliphatic carbocycles. The summed E-state index contributed by atoms with van der Waals surface area (Å²) in [7, 11) is 0. The Morgan fingerprint density at radius 2 is 1.35 bits per heavy atom. The Hall–Kier alpha value is -3.74. The summed E-state index contributed by atoms with van der Waals surface area (Å²) in [6.07, 6.45) is -2.43. The van der Waals surface area contributed by atoms with Crippen LogP contribution in [0, 0.1) is 0 Å². The largest absolute Gasteiger partial charge is 0.490 e. The number of carboxylic acids is 1. The number of halogens is 3. The number of benzene rings is 3. The van der Waals surface area contributed by atoms with Crippen molar-refractivity contribution >= 4 is 11.5 Å². The van der Waals surface area contributed by atoms with Crippen LogP contribution in [0.2, 0.25) is 0 Å². The van der Waals surface area contributed by atoms with Gasteiger partial charge in [-0.15, -0.1) is 0 Å². The summed E-state index contributed by atoms with van der Waals surface area (Å²) in [6.45, 7) is 5.22. The Bertz CT molecular complexity index is 1140. The van der Waals surface area contributed by atoms with Crippen molar-refractivity contribution in [3.05, 3.63) is 90.0 Å². The lowest BCUT2D eigenvalue weighted by molar-refractivity contribution is -0.152. The SMILES string of the molecule is C/C(=C\COc1ccc(OC(C)(C)C(=O)O)cc1)c1ccc(-c2ccc(C(F)(F)F)cc2)cc1. The van der Waals surface area contributed by atoms with Crippen LogP contribution in [-0.2, 0) is 11.0 Å². The lowest BCUT2D eigenvalue weighted by Gasteiger charge is -2.21. The van der Waals surface area contributed by atoms with E-state index >= 15 is 0 Å². The van der Waals surface area contributed by atoms with Crippen LogP contribution in [0.3, 0.4) is 0 Å². The zero-order valence-corrected chi connectivity index (χ0v) is 19.0. The van der Waals surface area contributed by atoms with Crippen molar-refractivity contribution in [2.45, 2.75) is 32.5 Å². The molecule has 0 unspecified atom stereocenters. The normalized spacial score (nSPS) is 12.4. The van der Waals surface area contributed by atoms with Crippen LogP contribution >= 0.6 is 0 Å². The predicted octanol–water partition coefficient (Wildman–Crippen LogP) is 7.10. The highest BCUT2D eigenvalue weighted by atomic mass is 19.4. The van der Waals surface area contributed by atoms with Gasteiger partial charge in [0.15, 0.2) is 5.60 Å². The summed E-state index contributed by atoms with van der Waals surface area (Å²) in [5, 5.41) is 9.14. The topological polar surface area (TPSA) is 55.8 Å². The fourth-order valence-corrected chi connectivity index (χ4v) is 3.10. The zero-order chi connectivity index (χ0) is 24.9. The maximum absolute atomic E-state index is 12.7. The van der Waals surface area contributed by atoms with E-state index in [0.29, 0.717) is 23.7 Å². The van der Waals surface area contributed by atoms with Crippen molar-refractivity contribution in [1.29, 1.82) is 0 Å². The zero-order valence-electron chi connectivity index (χ0n) is 19.0. The fourth-order valence-electron chi connectivity index (χ4n) is 3.10. The van der Waals surface area contributed by atoms with Crippen molar-refractivity contribution in [3.63, 3.8) is 0 Å². The summed E-state index contributed by atoms with van der Waals surface area (Å²) in [6, 6.07) is 19.4. The van der Waals surface area contributed by atoms with Crippen molar-refractivity contribution in [2.75, 3.05) is 6.61 Å². The number of ether oxygens (including phenoxy) is 2. The molecule has 0 spiro atoms. The highest BCUT2D eigenvalue weighted by Gasteiger charge is 2.30. The van der Waals surface area contributed by atoms with Gasteiger partial charge in [0, 0.05) is 0 Å². The van der Waals surface area contributed by atoms with E-state index in [-0.39, 0.29) is 0 Å². The Balaban J connectivity index is 1.58. The van der Waals surface area contributed by atoms with Crippen LogP contribution in [0.4, 0.5) is 13.2 Å². The van der Waals surface area contributed by atoms with E-state index in [0.717, 1.165) is 28.8 Å². The monoisotopic (exact) mass is 470 g/mol. The lowest BCUT2D eigenvalue weighted by Crippen LogP contribution is -2.37. The highest BCUT2D eigenvalue weighted by Crippen LogP contribution is 2.31. The molecular formula is C27H25F3O4. The molecule has 0 atom stereocenters. The van der Waals surface area contributed by atoms with Gasteiger partial charge in [0.25, 0.3) is 0 Å². The molecule has 178 valence electrons. The van der Waals surface area contributed by atoms with Gasteiger partial charge in [0.1, 0.15) is 18.1 Å². The molecule has 0 saturated heterocycles. The van der Waals surface area contributed by atoms with Gasteiger partial charge >= 0.3 is 12.1 Å². The van der Waals surface area contributed by atoms with Gasteiger partial charge in [-0.25, -0.2) is 4.79 Å². The second kappa shape index (κ2) is 10.0. The second-order valence-corrected chi connectivity index (χ2v) is 8.24. The Labute approximate surface area is 196 Å². The second-order valence-electron chi connectivity index (χ2n) is 8.24. The minimum absolute atomic E-state index is 0.327. The van der Waals surface area contributed by atoms with Gasteiger partial charge < -0.3 is 14.6 Å². The number of alkyl halides is 3. The number of hydrogen-bond donors (Lipinski definition) is 1. The first-order chi connectivity index (χ1) is 16.0. The minimum Gasteiger partial charge on any atom is -0.490 e. The number of carbonyl (C=O) groups is 1. The molecule has 3 aromatic rings. The minimum atomic E-state index is -4.35. The van der Waals surface area contributed by atoms with Gasteiger partial charge in [0.2, 0.25) is 0 Å². The van der Waals surface area contributed by atoms with Crippen LogP contribution in [0.5, 0.6) is 11.5 Å². The maximum Gasteiger partial charge on any atom is 0.416 e. The summed E-state index contributed by atoms with van der Waals surface area (Å²) >= 11 is 0. The third-order valence-electron chi connectivity index (χ3n) is 5.24. The van der Waals surface area contributed by atoms with Crippen LogP contribution in [0.1, 0.15) is 31.9 Å². The molecule has 3 aromatic carbocycles. The molecule has 34 heavy (non-hydrogen) atoms. The van der Waals surface area contributed by atoms with Crippen LogP contribution in [0.25, 0.3) is 16.7 Å². The number of aliphatic carboxylic acids is 1. The number of allylic oxidation sites excluding steroid dienone is 1. The number of carboxylic acid groups (broad SMARTS) is 1. The van der Waals surface area contributed by atoms with E-state index in [9.17, 15) is 18.0 Å². The molecule has 0 aromatic heterocycles. The highest BCUT2D eigenvalue weighted by molar-refractivity contribution is 5.76. The standard InChI is InChI=1S/C27H25F3O4/c1-18(16-17-33-23-12-14-24(15-13-23)34-26(2,3)25(31)32)19-4-6-20(7-5-19)21-8-10-22(11-9-21)27(28,29)30/h4-16H,17H2,1-3H3,(H,31,32)/b18-16+. The van der Waals surface area contributed by atoms with Gasteiger partial charge in [0.05, 0.1) is 5.56 Å². The van der Waals surface area contributed by atoms with Crippen LogP contribution < -0.4 is 9.47 Å². The van der Waals surface area contributed by atoms with Crippen molar-refractivity contribution < 1.29 is 32.5 Å². The first-order valence-corrected chi connectivity index (χ1v) is 10.6. The van der Waals surface area contributed by atoms with Gasteiger partial charge in [-0.2, -0.15) is 13.2 Å². The average Bonchev–Trinajstić information content (AvgIpc) is 2.79. The Kier molecular flexibility index (Phi) is 7.35. The Morgan fingerprint density at radius 3 is 1.85 bits per heavy atom. The summed E-state index contributed by atoms with van der Waals surface area (Å²) in [4.78, 5) is 11.2. The van der Waals surface area contributed by atoms with E-state index in [4.69, 9.17) is 14.6 Å². The first-order valence-electron chi connectivity index (χ1n) is 10.6. The third kappa shape index (κ3) is 6.41. The maximum atomic E-state index is 12.7. The molecule has 0 heterocycles. The van der Waals surface area contributed by atoms with Crippen LogP contribution in [-0.4, -0.2) is 23.3 Å². The van der Waals surface area contributed by atoms with E-state index in [1.807, 2.05) is 37.3 Å². The van der Waals surface area contributed by atoms with Gasteiger partial charge in [-0.3, -0.25) is 0 Å². The average molecular weight is 470 g/mol. The van der Waals surface area contributed by atoms with Crippen molar-refractivity contribution in [1.82, 2.24) is 0 Å². The number of hydrogen-bond acceptors (Lipinski definition) is 3. The molecule has 0 fully saturated rings. The smallest absolute Gasteiger partial charge is 0.416 e. The van der Waals surface area contributed by atoms with E-state index in [1.54, 1.807) is 24.3 Å². The summed E-state index contributed by atoms with van der Waals surface area (Å²) < 4.78 is 49.4. The first kappa shape index (κ1) is 24.9. The van der Waals surface area contributed by atoms with Crippen LogP contribution in [0.15, 0.2) is 78.9 Å². The third-order valence-corrected chi connectivity index (χ3v) is 5.24. The molecule has 0 saturated carbocycles. The summed E-state index contributed by atoms with van der Waals surface area (Å²) in [5.41, 5.74) is 1.50.